The molecular formula is C15H27NO3. The van der Waals surface area contributed by atoms with Crippen molar-refractivity contribution in [3.8, 4) is 0 Å². The fourth-order valence-electron chi connectivity index (χ4n) is 3.17. The van der Waals surface area contributed by atoms with Crippen molar-refractivity contribution in [3.63, 3.8) is 0 Å². The number of likely N-dealkylation sites (tertiary alicyclic amines) is 1. The van der Waals surface area contributed by atoms with Gasteiger partial charge in [0.25, 0.3) is 0 Å². The maximum Gasteiger partial charge on any atom is 0.310 e. The van der Waals surface area contributed by atoms with Crippen molar-refractivity contribution >= 4 is 11.9 Å². The van der Waals surface area contributed by atoms with E-state index >= 15 is 0 Å². The van der Waals surface area contributed by atoms with Crippen LogP contribution in [0.15, 0.2) is 0 Å². The van der Waals surface area contributed by atoms with Crippen LogP contribution in [0.25, 0.3) is 0 Å². The molecule has 0 spiro atoms. The Balaban J connectivity index is 2.84. The van der Waals surface area contributed by atoms with Crippen LogP contribution in [0.3, 0.4) is 0 Å². The molecule has 1 amide bonds. The molecule has 19 heavy (non-hydrogen) atoms. The van der Waals surface area contributed by atoms with E-state index in [4.69, 9.17) is 0 Å². The number of carboxylic acid groups (broad SMARTS) is 1. The lowest BCUT2D eigenvalue weighted by atomic mass is 9.78. The van der Waals surface area contributed by atoms with E-state index in [0.29, 0.717) is 12.8 Å². The van der Waals surface area contributed by atoms with E-state index in [1.165, 1.54) is 0 Å². The second-order valence-electron chi connectivity index (χ2n) is 5.90. The number of carboxylic acids is 1. The van der Waals surface area contributed by atoms with Crippen molar-refractivity contribution in [2.45, 2.75) is 78.3 Å². The molecule has 1 N–H and O–H groups in total. The number of hydrogen-bond acceptors (Lipinski definition) is 2. The smallest absolute Gasteiger partial charge is 0.310 e. The number of aliphatic carboxylic acids is 1. The molecule has 1 fully saturated rings. The summed E-state index contributed by atoms with van der Waals surface area (Å²) in [7, 11) is 0. The lowest BCUT2D eigenvalue weighted by Gasteiger charge is -2.41. The van der Waals surface area contributed by atoms with Crippen LogP contribution in [0.2, 0.25) is 0 Å². The van der Waals surface area contributed by atoms with Gasteiger partial charge in [0, 0.05) is 18.5 Å². The molecule has 4 heteroatoms. The zero-order valence-corrected chi connectivity index (χ0v) is 12.6. The molecule has 110 valence electrons. The van der Waals surface area contributed by atoms with Gasteiger partial charge in [-0.15, -0.1) is 0 Å². The standard InChI is InChI=1S/C15H27NO3/c1-5-15(6-2,14(18)19)10-13(17)16-11(3)8-7-9-12(16)4/h11-12H,5-10H2,1-4H3,(H,18,19). The number of amides is 1. The number of rotatable bonds is 5. The average Bonchev–Trinajstić information content (AvgIpc) is 2.35. The van der Waals surface area contributed by atoms with Gasteiger partial charge in [-0.3, -0.25) is 9.59 Å². The highest BCUT2D eigenvalue weighted by Gasteiger charge is 2.40. The third-order valence-corrected chi connectivity index (χ3v) is 4.78. The Kier molecular flexibility index (Phi) is 5.39. The largest absolute Gasteiger partial charge is 0.481 e. The Morgan fingerprint density at radius 2 is 1.63 bits per heavy atom. The van der Waals surface area contributed by atoms with Crippen molar-refractivity contribution in [1.82, 2.24) is 4.90 Å². The molecule has 4 nitrogen and oxygen atoms in total. The van der Waals surface area contributed by atoms with E-state index in [2.05, 4.69) is 13.8 Å². The summed E-state index contributed by atoms with van der Waals surface area (Å²) in [5, 5.41) is 9.43. The molecule has 0 saturated carbocycles. The fourth-order valence-corrected chi connectivity index (χ4v) is 3.17. The molecular weight excluding hydrogens is 242 g/mol. The van der Waals surface area contributed by atoms with Crippen LogP contribution in [-0.4, -0.2) is 34.0 Å². The Bertz CT molecular complexity index is 326. The van der Waals surface area contributed by atoms with E-state index in [-0.39, 0.29) is 24.4 Å². The Hall–Kier alpha value is -1.06. The monoisotopic (exact) mass is 269 g/mol. The molecule has 1 rings (SSSR count). The van der Waals surface area contributed by atoms with E-state index in [0.717, 1.165) is 19.3 Å². The van der Waals surface area contributed by atoms with Crippen LogP contribution in [0.1, 0.15) is 66.2 Å². The first kappa shape index (κ1) is 16.0. The SMILES string of the molecule is CCC(CC)(CC(=O)N1C(C)CCCC1C)C(=O)O. The number of nitrogens with zero attached hydrogens (tertiary/aromatic N) is 1. The summed E-state index contributed by atoms with van der Waals surface area (Å²) in [5.41, 5.74) is -0.895. The summed E-state index contributed by atoms with van der Waals surface area (Å²) in [4.78, 5) is 25.9. The summed E-state index contributed by atoms with van der Waals surface area (Å²) in [6.07, 6.45) is 4.33. The maximum absolute atomic E-state index is 12.5. The fraction of sp³-hybridized carbons (Fsp3) is 0.867. The van der Waals surface area contributed by atoms with Gasteiger partial charge in [0.05, 0.1) is 5.41 Å². The second-order valence-corrected chi connectivity index (χ2v) is 5.90. The molecule has 0 aliphatic carbocycles. The first-order valence-electron chi connectivity index (χ1n) is 7.42. The highest BCUT2D eigenvalue weighted by atomic mass is 16.4. The summed E-state index contributed by atoms with van der Waals surface area (Å²) in [5.74, 6) is -0.839. The molecule has 1 aliphatic rings. The zero-order valence-electron chi connectivity index (χ0n) is 12.6. The third kappa shape index (κ3) is 3.28. The summed E-state index contributed by atoms with van der Waals surface area (Å²) in [6, 6.07) is 0.466. The summed E-state index contributed by atoms with van der Waals surface area (Å²) >= 11 is 0. The minimum Gasteiger partial charge on any atom is -0.481 e. The molecule has 0 radical (unpaired) electrons. The van der Waals surface area contributed by atoms with Gasteiger partial charge in [-0.2, -0.15) is 0 Å². The number of carbonyl (C=O) groups excluding carboxylic acids is 1. The number of carbonyl (C=O) groups is 2. The van der Waals surface area contributed by atoms with Gasteiger partial charge in [0.2, 0.25) is 5.91 Å². The highest BCUT2D eigenvalue weighted by molar-refractivity contribution is 5.85. The Morgan fingerprint density at radius 3 is 2.00 bits per heavy atom. The summed E-state index contributed by atoms with van der Waals surface area (Å²) in [6.45, 7) is 7.84. The van der Waals surface area contributed by atoms with Crippen LogP contribution in [0, 0.1) is 5.41 Å². The molecule has 0 aromatic heterocycles. The molecule has 1 aliphatic heterocycles. The van der Waals surface area contributed by atoms with Gasteiger partial charge in [0.1, 0.15) is 0 Å². The predicted octanol–water partition coefficient (Wildman–Crippen LogP) is 3.06. The molecule has 1 saturated heterocycles. The molecule has 0 aromatic rings. The predicted molar refractivity (Wildman–Crippen MR) is 74.9 cm³/mol. The van der Waals surface area contributed by atoms with Crippen LogP contribution in [0.4, 0.5) is 0 Å². The minimum absolute atomic E-state index is 0.00537. The quantitative estimate of drug-likeness (QED) is 0.834. The topological polar surface area (TPSA) is 57.6 Å². The minimum atomic E-state index is -0.895. The van der Waals surface area contributed by atoms with Crippen molar-refractivity contribution in [3.05, 3.63) is 0 Å². The third-order valence-electron chi connectivity index (χ3n) is 4.78. The summed E-state index contributed by atoms with van der Waals surface area (Å²) < 4.78 is 0. The van der Waals surface area contributed by atoms with Crippen molar-refractivity contribution < 1.29 is 14.7 Å². The Morgan fingerprint density at radius 1 is 1.16 bits per heavy atom. The second kappa shape index (κ2) is 6.40. The van der Waals surface area contributed by atoms with Crippen LogP contribution < -0.4 is 0 Å². The molecule has 2 unspecified atom stereocenters. The van der Waals surface area contributed by atoms with E-state index in [1.807, 2.05) is 18.7 Å². The highest BCUT2D eigenvalue weighted by Crippen LogP contribution is 2.33. The molecule has 1 heterocycles. The lowest BCUT2D eigenvalue weighted by molar-refractivity contribution is -0.156. The number of hydrogen-bond donors (Lipinski definition) is 1. The number of piperidine rings is 1. The van der Waals surface area contributed by atoms with Crippen LogP contribution in [0.5, 0.6) is 0 Å². The van der Waals surface area contributed by atoms with E-state index in [1.54, 1.807) is 0 Å². The van der Waals surface area contributed by atoms with Crippen LogP contribution >= 0.6 is 0 Å². The lowest BCUT2D eigenvalue weighted by Crippen LogP contribution is -2.49. The Labute approximate surface area is 116 Å². The first-order valence-corrected chi connectivity index (χ1v) is 7.42. The normalized spacial score (nSPS) is 24.3. The maximum atomic E-state index is 12.5. The van der Waals surface area contributed by atoms with Crippen molar-refractivity contribution in [1.29, 1.82) is 0 Å². The zero-order chi connectivity index (χ0) is 14.6. The van der Waals surface area contributed by atoms with Gasteiger partial charge in [-0.1, -0.05) is 13.8 Å². The van der Waals surface area contributed by atoms with Gasteiger partial charge in [-0.25, -0.2) is 0 Å². The molecule has 0 bridgehead atoms. The van der Waals surface area contributed by atoms with Gasteiger partial charge in [-0.05, 0) is 46.0 Å². The van der Waals surface area contributed by atoms with Gasteiger partial charge >= 0.3 is 5.97 Å². The average molecular weight is 269 g/mol. The first-order chi connectivity index (χ1) is 8.88. The van der Waals surface area contributed by atoms with Crippen LogP contribution in [-0.2, 0) is 9.59 Å². The van der Waals surface area contributed by atoms with Gasteiger partial charge < -0.3 is 10.0 Å². The van der Waals surface area contributed by atoms with Crippen molar-refractivity contribution in [2.75, 3.05) is 0 Å². The van der Waals surface area contributed by atoms with Crippen molar-refractivity contribution in [2.24, 2.45) is 5.41 Å². The van der Waals surface area contributed by atoms with Gasteiger partial charge in [0.15, 0.2) is 0 Å². The molecule has 0 aromatic carbocycles. The van der Waals surface area contributed by atoms with E-state index in [9.17, 15) is 14.7 Å². The molecule has 2 atom stereocenters. The van der Waals surface area contributed by atoms with E-state index < -0.39 is 11.4 Å².